The number of likely N-dealkylation sites (tertiary alicyclic amines) is 1. The number of nitrogens with two attached hydrogens (primary N) is 1. The highest BCUT2D eigenvalue weighted by molar-refractivity contribution is 5.79. The normalized spacial score (nSPS) is 20.4. The molecule has 1 aliphatic carbocycles. The van der Waals surface area contributed by atoms with Gasteiger partial charge in [-0.2, -0.15) is 0 Å². The van der Waals surface area contributed by atoms with Crippen molar-refractivity contribution < 1.29 is 4.79 Å². The monoisotopic (exact) mass is 373 g/mol. The summed E-state index contributed by atoms with van der Waals surface area (Å²) in [7, 11) is 1.96. The van der Waals surface area contributed by atoms with E-state index in [0.29, 0.717) is 6.42 Å². The molecule has 0 unspecified atom stereocenters. The van der Waals surface area contributed by atoms with Crippen molar-refractivity contribution in [2.75, 3.05) is 32.4 Å². The van der Waals surface area contributed by atoms with Crippen LogP contribution in [0.4, 0.5) is 5.95 Å². The molecule has 150 valence electrons. The Balaban J connectivity index is 1.71. The summed E-state index contributed by atoms with van der Waals surface area (Å²) in [6.45, 7) is 7.02. The first-order chi connectivity index (χ1) is 12.9. The fourth-order valence-electron chi connectivity index (χ4n) is 4.99. The van der Waals surface area contributed by atoms with Gasteiger partial charge in [-0.05, 0) is 52.6 Å². The highest BCUT2D eigenvalue weighted by atomic mass is 16.2. The largest absolute Gasteiger partial charge is 0.368 e. The van der Waals surface area contributed by atoms with Gasteiger partial charge in [-0.25, -0.2) is 9.97 Å². The van der Waals surface area contributed by atoms with E-state index in [9.17, 15) is 4.79 Å². The van der Waals surface area contributed by atoms with Crippen LogP contribution in [0.25, 0.3) is 0 Å². The average Bonchev–Trinajstić information content (AvgIpc) is 2.66. The molecule has 1 saturated carbocycles. The van der Waals surface area contributed by atoms with Crippen molar-refractivity contribution in [3.05, 3.63) is 17.0 Å². The molecule has 1 amide bonds. The van der Waals surface area contributed by atoms with Crippen molar-refractivity contribution in [3.63, 3.8) is 0 Å². The first-order valence-corrected chi connectivity index (χ1v) is 10.5. The van der Waals surface area contributed by atoms with Crippen LogP contribution in [0.2, 0.25) is 0 Å². The van der Waals surface area contributed by atoms with Crippen LogP contribution in [0, 0.1) is 13.8 Å². The van der Waals surface area contributed by atoms with Crippen molar-refractivity contribution in [2.24, 2.45) is 0 Å². The molecular formula is C21H35N5O. The number of likely N-dealkylation sites (N-methyl/N-ethyl adjacent to an activating group) is 1. The van der Waals surface area contributed by atoms with Crippen LogP contribution in [-0.4, -0.2) is 57.9 Å². The van der Waals surface area contributed by atoms with Gasteiger partial charge in [0.15, 0.2) is 0 Å². The fraction of sp³-hybridized carbons (Fsp3) is 0.762. The van der Waals surface area contributed by atoms with Crippen LogP contribution in [0.1, 0.15) is 68.3 Å². The molecule has 27 heavy (non-hydrogen) atoms. The second kappa shape index (κ2) is 8.55. The zero-order chi connectivity index (χ0) is 19.4. The minimum absolute atomic E-state index is 0.150. The topological polar surface area (TPSA) is 75.3 Å². The van der Waals surface area contributed by atoms with E-state index < -0.39 is 0 Å². The highest BCUT2D eigenvalue weighted by Gasteiger charge is 2.40. The highest BCUT2D eigenvalue weighted by Crippen LogP contribution is 2.36. The third kappa shape index (κ3) is 4.60. The zero-order valence-electron chi connectivity index (χ0n) is 17.3. The van der Waals surface area contributed by atoms with E-state index in [1.165, 1.54) is 64.5 Å². The van der Waals surface area contributed by atoms with Gasteiger partial charge in [0.05, 0.1) is 6.42 Å². The molecule has 0 bridgehead atoms. The SMILES string of the molecule is Cc1nc(N)nc(C)c1CC(=O)N(C)CC1(N2CCCCC2)CCCCC1. The van der Waals surface area contributed by atoms with Crippen LogP contribution >= 0.6 is 0 Å². The quantitative estimate of drug-likeness (QED) is 0.859. The van der Waals surface area contributed by atoms with E-state index in [1.807, 2.05) is 25.8 Å². The molecular weight excluding hydrogens is 338 g/mol. The van der Waals surface area contributed by atoms with Gasteiger partial charge < -0.3 is 10.6 Å². The standard InChI is InChI=1S/C21H35N5O/c1-16-18(17(2)24-20(22)23-16)14-19(27)25(3)15-21(10-6-4-7-11-21)26-12-8-5-9-13-26/h4-15H2,1-3H3,(H2,22,23,24). The van der Waals surface area contributed by atoms with Crippen molar-refractivity contribution in [1.29, 1.82) is 0 Å². The Morgan fingerprint density at radius 2 is 1.59 bits per heavy atom. The number of aryl methyl sites for hydroxylation is 2. The molecule has 2 fully saturated rings. The number of nitrogen functional groups attached to an aromatic ring is 1. The maximum absolute atomic E-state index is 13.0. The van der Waals surface area contributed by atoms with Gasteiger partial charge in [0.25, 0.3) is 0 Å². The summed E-state index contributed by atoms with van der Waals surface area (Å²) in [5.41, 5.74) is 8.43. The fourth-order valence-corrected chi connectivity index (χ4v) is 4.99. The van der Waals surface area contributed by atoms with Crippen LogP contribution in [0.3, 0.4) is 0 Å². The predicted molar refractivity (Wildman–Crippen MR) is 108 cm³/mol. The molecule has 1 aliphatic heterocycles. The molecule has 0 spiro atoms. The molecule has 0 radical (unpaired) electrons. The third-order valence-electron chi connectivity index (χ3n) is 6.53. The Morgan fingerprint density at radius 1 is 1.04 bits per heavy atom. The van der Waals surface area contributed by atoms with E-state index in [4.69, 9.17) is 5.73 Å². The van der Waals surface area contributed by atoms with Gasteiger partial charge in [-0.1, -0.05) is 25.7 Å². The molecule has 2 aliphatic rings. The number of anilines is 1. The Labute approximate surface area is 163 Å². The average molecular weight is 374 g/mol. The molecule has 6 nitrogen and oxygen atoms in total. The number of amides is 1. The smallest absolute Gasteiger partial charge is 0.226 e. The Morgan fingerprint density at radius 3 is 2.19 bits per heavy atom. The van der Waals surface area contributed by atoms with Gasteiger partial charge in [0, 0.05) is 36.1 Å². The van der Waals surface area contributed by atoms with Crippen molar-refractivity contribution >= 4 is 11.9 Å². The van der Waals surface area contributed by atoms with Crippen LogP contribution < -0.4 is 5.73 Å². The molecule has 2 heterocycles. The second-order valence-electron chi connectivity index (χ2n) is 8.49. The summed E-state index contributed by atoms with van der Waals surface area (Å²) >= 11 is 0. The zero-order valence-corrected chi connectivity index (χ0v) is 17.3. The van der Waals surface area contributed by atoms with E-state index in [-0.39, 0.29) is 17.4 Å². The molecule has 1 saturated heterocycles. The van der Waals surface area contributed by atoms with Crippen LogP contribution in [0.5, 0.6) is 0 Å². The van der Waals surface area contributed by atoms with Gasteiger partial charge in [0.2, 0.25) is 11.9 Å². The molecule has 0 atom stereocenters. The Kier molecular flexibility index (Phi) is 6.35. The van der Waals surface area contributed by atoms with Gasteiger partial charge in [-0.15, -0.1) is 0 Å². The number of nitrogens with zero attached hydrogens (tertiary/aromatic N) is 4. The number of carbonyl (C=O) groups is 1. The van der Waals surface area contributed by atoms with Gasteiger partial charge in [0.1, 0.15) is 0 Å². The van der Waals surface area contributed by atoms with Crippen LogP contribution in [-0.2, 0) is 11.2 Å². The number of aromatic nitrogens is 2. The molecule has 0 aromatic carbocycles. The molecule has 2 N–H and O–H groups in total. The van der Waals surface area contributed by atoms with Crippen molar-refractivity contribution in [2.45, 2.75) is 77.2 Å². The lowest BCUT2D eigenvalue weighted by Gasteiger charge is -2.50. The molecule has 1 aromatic rings. The number of rotatable bonds is 5. The maximum atomic E-state index is 13.0. The Bertz CT molecular complexity index is 640. The maximum Gasteiger partial charge on any atom is 0.226 e. The summed E-state index contributed by atoms with van der Waals surface area (Å²) in [4.78, 5) is 26.1. The van der Waals surface area contributed by atoms with E-state index in [2.05, 4.69) is 14.9 Å². The number of carbonyl (C=O) groups excluding carboxylic acids is 1. The summed E-state index contributed by atoms with van der Waals surface area (Å²) < 4.78 is 0. The van der Waals surface area contributed by atoms with Crippen molar-refractivity contribution in [3.8, 4) is 0 Å². The Hall–Kier alpha value is -1.69. The number of piperidine rings is 1. The predicted octanol–water partition coefficient (Wildman–Crippen LogP) is 2.87. The summed E-state index contributed by atoms with van der Waals surface area (Å²) in [6, 6.07) is 0. The first-order valence-electron chi connectivity index (χ1n) is 10.5. The molecule has 1 aromatic heterocycles. The molecule has 3 rings (SSSR count). The lowest BCUT2D eigenvalue weighted by Crippen LogP contribution is -2.58. The first kappa shape index (κ1) is 20.1. The summed E-state index contributed by atoms with van der Waals surface area (Å²) in [6.07, 6.45) is 10.6. The second-order valence-corrected chi connectivity index (χ2v) is 8.49. The summed E-state index contributed by atoms with van der Waals surface area (Å²) in [5.74, 6) is 0.428. The van der Waals surface area contributed by atoms with E-state index in [0.717, 1.165) is 23.5 Å². The van der Waals surface area contributed by atoms with Gasteiger partial charge >= 0.3 is 0 Å². The van der Waals surface area contributed by atoms with E-state index >= 15 is 0 Å². The third-order valence-corrected chi connectivity index (χ3v) is 6.53. The van der Waals surface area contributed by atoms with E-state index in [1.54, 1.807) is 0 Å². The summed E-state index contributed by atoms with van der Waals surface area (Å²) in [5, 5.41) is 0. The number of hydrogen-bond donors (Lipinski definition) is 1. The van der Waals surface area contributed by atoms with Crippen LogP contribution in [0.15, 0.2) is 0 Å². The number of hydrogen-bond acceptors (Lipinski definition) is 5. The minimum Gasteiger partial charge on any atom is -0.368 e. The lowest BCUT2D eigenvalue weighted by molar-refractivity contribution is -0.132. The van der Waals surface area contributed by atoms with Gasteiger partial charge in [-0.3, -0.25) is 9.69 Å². The van der Waals surface area contributed by atoms with Crippen molar-refractivity contribution in [1.82, 2.24) is 19.8 Å². The molecule has 6 heteroatoms. The lowest BCUT2D eigenvalue weighted by atomic mass is 9.78. The minimum atomic E-state index is 0.150.